The molecule has 0 radical (unpaired) electrons. The quantitative estimate of drug-likeness (QED) is 0.727. The number of para-hydroxylation sites is 2. The van der Waals surface area contributed by atoms with Crippen LogP contribution in [-0.4, -0.2) is 35.1 Å². The molecule has 0 saturated carbocycles. The average Bonchev–Trinajstić information content (AvgIpc) is 2.56. The second kappa shape index (κ2) is 6.75. The summed E-state index contributed by atoms with van der Waals surface area (Å²) >= 11 is 0. The van der Waals surface area contributed by atoms with E-state index < -0.39 is 0 Å². The van der Waals surface area contributed by atoms with Gasteiger partial charge in [0.1, 0.15) is 5.69 Å². The van der Waals surface area contributed by atoms with E-state index in [1.807, 2.05) is 73.3 Å². The third-order valence-electron chi connectivity index (χ3n) is 3.91. The molecule has 4 nitrogen and oxygen atoms in total. The SMILES string of the molecule is CN(C)CCn1c(=O)c(Cc2ccccc2)nc2ccccc21. The minimum Gasteiger partial charge on any atom is -0.308 e. The third-order valence-corrected chi connectivity index (χ3v) is 3.91. The van der Waals surface area contributed by atoms with E-state index in [1.54, 1.807) is 0 Å². The molecule has 1 heterocycles. The van der Waals surface area contributed by atoms with E-state index in [4.69, 9.17) is 0 Å². The van der Waals surface area contributed by atoms with Crippen molar-refractivity contribution in [2.24, 2.45) is 0 Å². The van der Waals surface area contributed by atoms with Crippen LogP contribution in [0.2, 0.25) is 0 Å². The number of rotatable bonds is 5. The molecule has 0 atom stereocenters. The first kappa shape index (κ1) is 15.4. The van der Waals surface area contributed by atoms with Crippen LogP contribution >= 0.6 is 0 Å². The first-order valence-corrected chi connectivity index (χ1v) is 7.82. The summed E-state index contributed by atoms with van der Waals surface area (Å²) in [4.78, 5) is 19.6. The van der Waals surface area contributed by atoms with Gasteiger partial charge in [-0.2, -0.15) is 0 Å². The Morgan fingerprint density at radius 2 is 1.70 bits per heavy atom. The second-order valence-corrected chi connectivity index (χ2v) is 5.97. The first-order valence-electron chi connectivity index (χ1n) is 7.82. The molecule has 0 aliphatic rings. The maximum absolute atomic E-state index is 12.9. The third kappa shape index (κ3) is 3.48. The predicted molar refractivity (Wildman–Crippen MR) is 93.8 cm³/mol. The lowest BCUT2D eigenvalue weighted by Crippen LogP contribution is -2.30. The Morgan fingerprint density at radius 3 is 2.43 bits per heavy atom. The summed E-state index contributed by atoms with van der Waals surface area (Å²) in [6.07, 6.45) is 0.562. The van der Waals surface area contributed by atoms with Crippen molar-refractivity contribution < 1.29 is 0 Å². The Labute approximate surface area is 136 Å². The van der Waals surface area contributed by atoms with Crippen molar-refractivity contribution in [2.75, 3.05) is 20.6 Å². The number of nitrogens with zero attached hydrogens (tertiary/aromatic N) is 3. The van der Waals surface area contributed by atoms with E-state index in [0.29, 0.717) is 18.7 Å². The Hall–Kier alpha value is -2.46. The number of hydrogen-bond acceptors (Lipinski definition) is 3. The summed E-state index contributed by atoms with van der Waals surface area (Å²) in [6.45, 7) is 1.48. The fourth-order valence-electron chi connectivity index (χ4n) is 2.67. The van der Waals surface area contributed by atoms with Gasteiger partial charge in [0.15, 0.2) is 0 Å². The lowest BCUT2D eigenvalue weighted by Gasteiger charge is -2.15. The van der Waals surface area contributed by atoms with Gasteiger partial charge in [-0.1, -0.05) is 42.5 Å². The van der Waals surface area contributed by atoms with Crippen molar-refractivity contribution in [3.63, 3.8) is 0 Å². The fraction of sp³-hybridized carbons (Fsp3) is 0.263. The van der Waals surface area contributed by atoms with Crippen LogP contribution in [0, 0.1) is 0 Å². The smallest absolute Gasteiger partial charge is 0.273 e. The van der Waals surface area contributed by atoms with Gasteiger partial charge in [0.2, 0.25) is 0 Å². The van der Waals surface area contributed by atoms with Crippen molar-refractivity contribution in [3.05, 3.63) is 76.2 Å². The zero-order valence-electron chi connectivity index (χ0n) is 13.6. The number of benzene rings is 2. The maximum atomic E-state index is 12.9. The van der Waals surface area contributed by atoms with Crippen LogP contribution in [-0.2, 0) is 13.0 Å². The molecule has 0 N–H and O–H groups in total. The molecule has 0 aliphatic carbocycles. The van der Waals surface area contributed by atoms with Crippen LogP contribution < -0.4 is 5.56 Å². The number of fused-ring (bicyclic) bond motifs is 1. The molecule has 0 amide bonds. The average molecular weight is 307 g/mol. The van der Waals surface area contributed by atoms with Gasteiger partial charge in [-0.25, -0.2) is 4.98 Å². The molecule has 0 bridgehead atoms. The Balaban J connectivity index is 2.08. The van der Waals surface area contributed by atoms with Gasteiger partial charge < -0.3 is 9.47 Å². The topological polar surface area (TPSA) is 38.1 Å². The highest BCUT2D eigenvalue weighted by Crippen LogP contribution is 2.12. The molecule has 0 saturated heterocycles. The van der Waals surface area contributed by atoms with Crippen molar-refractivity contribution in [1.82, 2.24) is 14.5 Å². The van der Waals surface area contributed by atoms with Crippen LogP contribution in [0.3, 0.4) is 0 Å². The first-order chi connectivity index (χ1) is 11.1. The Morgan fingerprint density at radius 1 is 1.00 bits per heavy atom. The molecule has 0 unspecified atom stereocenters. The fourth-order valence-corrected chi connectivity index (χ4v) is 2.67. The van der Waals surface area contributed by atoms with E-state index in [2.05, 4.69) is 9.88 Å². The minimum absolute atomic E-state index is 0.00871. The van der Waals surface area contributed by atoms with Crippen molar-refractivity contribution >= 4 is 11.0 Å². The molecule has 23 heavy (non-hydrogen) atoms. The van der Waals surface area contributed by atoms with Gasteiger partial charge >= 0.3 is 0 Å². The summed E-state index contributed by atoms with van der Waals surface area (Å²) in [5.74, 6) is 0. The van der Waals surface area contributed by atoms with Crippen molar-refractivity contribution in [3.8, 4) is 0 Å². The van der Waals surface area contributed by atoms with E-state index >= 15 is 0 Å². The molecular formula is C19H21N3O. The summed E-state index contributed by atoms with van der Waals surface area (Å²) in [5, 5.41) is 0. The predicted octanol–water partition coefficient (Wildman–Crippen LogP) is 2.55. The second-order valence-electron chi connectivity index (χ2n) is 5.97. The summed E-state index contributed by atoms with van der Waals surface area (Å²) in [7, 11) is 4.03. The number of likely N-dealkylation sites (N-methyl/N-ethyl adjacent to an activating group) is 1. The molecule has 3 aromatic rings. The largest absolute Gasteiger partial charge is 0.308 e. The number of aromatic nitrogens is 2. The van der Waals surface area contributed by atoms with E-state index in [-0.39, 0.29) is 5.56 Å². The summed E-state index contributed by atoms with van der Waals surface area (Å²) < 4.78 is 1.85. The van der Waals surface area contributed by atoms with Gasteiger partial charge in [0.05, 0.1) is 11.0 Å². The van der Waals surface area contributed by atoms with Crippen LogP contribution in [0.1, 0.15) is 11.3 Å². The number of hydrogen-bond donors (Lipinski definition) is 0. The van der Waals surface area contributed by atoms with E-state index in [9.17, 15) is 4.79 Å². The molecule has 118 valence electrons. The van der Waals surface area contributed by atoms with Crippen LogP contribution in [0.25, 0.3) is 11.0 Å². The summed E-state index contributed by atoms with van der Waals surface area (Å²) in [6, 6.07) is 17.9. The van der Waals surface area contributed by atoms with Gasteiger partial charge in [0.25, 0.3) is 5.56 Å². The van der Waals surface area contributed by atoms with Crippen molar-refractivity contribution in [2.45, 2.75) is 13.0 Å². The minimum atomic E-state index is 0.00871. The zero-order chi connectivity index (χ0) is 16.2. The summed E-state index contributed by atoms with van der Waals surface area (Å²) in [5.41, 5.74) is 3.49. The van der Waals surface area contributed by atoms with Gasteiger partial charge in [-0.05, 0) is 31.8 Å². The van der Waals surface area contributed by atoms with Gasteiger partial charge in [-0.15, -0.1) is 0 Å². The normalized spacial score (nSPS) is 11.3. The monoisotopic (exact) mass is 307 g/mol. The lowest BCUT2D eigenvalue weighted by atomic mass is 10.1. The van der Waals surface area contributed by atoms with Crippen LogP contribution in [0.15, 0.2) is 59.4 Å². The lowest BCUT2D eigenvalue weighted by molar-refractivity contribution is 0.383. The molecule has 3 rings (SSSR count). The molecule has 0 spiro atoms. The molecule has 0 aliphatic heterocycles. The van der Waals surface area contributed by atoms with Gasteiger partial charge in [0, 0.05) is 19.5 Å². The Kier molecular flexibility index (Phi) is 4.53. The van der Waals surface area contributed by atoms with Crippen molar-refractivity contribution in [1.29, 1.82) is 0 Å². The standard InChI is InChI=1S/C19H21N3O/c1-21(2)12-13-22-18-11-7-6-10-16(18)20-17(19(22)23)14-15-8-4-3-5-9-15/h3-11H,12-14H2,1-2H3. The molecular weight excluding hydrogens is 286 g/mol. The van der Waals surface area contributed by atoms with E-state index in [0.717, 1.165) is 23.1 Å². The molecule has 2 aromatic carbocycles. The van der Waals surface area contributed by atoms with Crippen LogP contribution in [0.4, 0.5) is 0 Å². The highest BCUT2D eigenvalue weighted by atomic mass is 16.1. The molecule has 4 heteroatoms. The zero-order valence-corrected chi connectivity index (χ0v) is 13.6. The van der Waals surface area contributed by atoms with Crippen LogP contribution in [0.5, 0.6) is 0 Å². The molecule has 1 aromatic heterocycles. The van der Waals surface area contributed by atoms with Gasteiger partial charge in [-0.3, -0.25) is 4.79 Å². The highest BCUT2D eigenvalue weighted by molar-refractivity contribution is 5.74. The maximum Gasteiger partial charge on any atom is 0.273 e. The molecule has 0 fully saturated rings. The van der Waals surface area contributed by atoms with E-state index in [1.165, 1.54) is 0 Å². The Bertz CT molecular complexity index is 853. The highest BCUT2D eigenvalue weighted by Gasteiger charge is 2.11.